The number of anilines is 1. The summed E-state index contributed by atoms with van der Waals surface area (Å²) in [6.45, 7) is 0. The Bertz CT molecular complexity index is 818. The van der Waals surface area contributed by atoms with Crippen LogP contribution in [0.2, 0.25) is 0 Å². The molecule has 3 atom stereocenters. The lowest BCUT2D eigenvalue weighted by atomic mass is 9.76. The van der Waals surface area contributed by atoms with E-state index >= 15 is 0 Å². The SMILES string of the molecule is O=[N+]([O-])c1cccc2c1N[C@@H](c1ccccc1F)[C@@H]1CC=C[C@H]21. The number of rotatable bonds is 2. The van der Waals surface area contributed by atoms with Crippen molar-refractivity contribution < 1.29 is 9.31 Å². The van der Waals surface area contributed by atoms with Crippen LogP contribution in [0.15, 0.2) is 54.6 Å². The predicted octanol–water partition coefficient (Wildman–Crippen LogP) is 4.56. The first-order chi connectivity index (χ1) is 11.2. The molecule has 116 valence electrons. The molecule has 1 aliphatic carbocycles. The molecule has 2 aromatic rings. The van der Waals surface area contributed by atoms with Crippen molar-refractivity contribution in [2.45, 2.75) is 18.4 Å². The third-order valence-corrected chi connectivity index (χ3v) is 4.81. The minimum absolute atomic E-state index is 0.0441. The van der Waals surface area contributed by atoms with Gasteiger partial charge in [0.2, 0.25) is 0 Å². The topological polar surface area (TPSA) is 55.2 Å². The molecule has 4 nitrogen and oxygen atoms in total. The van der Waals surface area contributed by atoms with Gasteiger partial charge in [-0.25, -0.2) is 4.39 Å². The number of fused-ring (bicyclic) bond motifs is 3. The van der Waals surface area contributed by atoms with Crippen LogP contribution in [0.3, 0.4) is 0 Å². The van der Waals surface area contributed by atoms with Crippen LogP contribution >= 0.6 is 0 Å². The smallest absolute Gasteiger partial charge is 0.292 e. The van der Waals surface area contributed by atoms with E-state index in [1.54, 1.807) is 24.3 Å². The zero-order valence-electron chi connectivity index (χ0n) is 12.3. The minimum atomic E-state index is -0.386. The normalized spacial score (nSPS) is 24.7. The highest BCUT2D eigenvalue weighted by Gasteiger charge is 2.41. The second-order valence-electron chi connectivity index (χ2n) is 6.00. The summed E-state index contributed by atoms with van der Waals surface area (Å²) in [5.41, 5.74) is 2.04. The van der Waals surface area contributed by atoms with E-state index in [4.69, 9.17) is 0 Å². The van der Waals surface area contributed by atoms with Crippen molar-refractivity contribution in [3.63, 3.8) is 0 Å². The highest BCUT2D eigenvalue weighted by molar-refractivity contribution is 5.71. The molecular formula is C18H15FN2O2. The molecular weight excluding hydrogens is 295 g/mol. The molecule has 0 unspecified atom stereocenters. The number of allylic oxidation sites excluding steroid dienone is 2. The van der Waals surface area contributed by atoms with E-state index in [2.05, 4.69) is 17.5 Å². The van der Waals surface area contributed by atoms with Crippen LogP contribution in [0.5, 0.6) is 0 Å². The molecule has 0 radical (unpaired) electrons. The van der Waals surface area contributed by atoms with Crippen LogP contribution in [-0.4, -0.2) is 4.92 Å². The average Bonchev–Trinajstić information content (AvgIpc) is 3.04. The van der Waals surface area contributed by atoms with Crippen molar-refractivity contribution >= 4 is 11.4 Å². The molecule has 0 bridgehead atoms. The number of para-hydroxylation sites is 1. The zero-order chi connectivity index (χ0) is 16.0. The fraction of sp³-hybridized carbons (Fsp3) is 0.222. The van der Waals surface area contributed by atoms with Gasteiger partial charge in [-0.1, -0.05) is 42.5 Å². The van der Waals surface area contributed by atoms with Gasteiger partial charge in [0, 0.05) is 17.5 Å². The van der Waals surface area contributed by atoms with Gasteiger partial charge < -0.3 is 5.32 Å². The molecule has 2 aromatic carbocycles. The van der Waals surface area contributed by atoms with Gasteiger partial charge in [0.05, 0.1) is 11.0 Å². The van der Waals surface area contributed by atoms with Gasteiger partial charge in [0.15, 0.2) is 0 Å². The van der Waals surface area contributed by atoms with Crippen molar-refractivity contribution in [2.24, 2.45) is 5.92 Å². The summed E-state index contributed by atoms with van der Waals surface area (Å²) in [6.07, 6.45) is 5.00. The third-order valence-electron chi connectivity index (χ3n) is 4.81. The number of nitro benzene ring substituents is 1. The molecule has 1 aliphatic heterocycles. The fourth-order valence-corrected chi connectivity index (χ4v) is 3.79. The van der Waals surface area contributed by atoms with Crippen molar-refractivity contribution in [3.8, 4) is 0 Å². The lowest BCUT2D eigenvalue weighted by Crippen LogP contribution is -2.30. The summed E-state index contributed by atoms with van der Waals surface area (Å²) >= 11 is 0. The number of nitrogens with zero attached hydrogens (tertiary/aromatic N) is 1. The van der Waals surface area contributed by atoms with E-state index in [1.807, 2.05) is 6.07 Å². The molecule has 2 aliphatic rings. The molecule has 0 saturated heterocycles. The van der Waals surface area contributed by atoms with Gasteiger partial charge in [0.1, 0.15) is 11.5 Å². The number of hydrogen-bond acceptors (Lipinski definition) is 3. The molecule has 1 heterocycles. The minimum Gasteiger partial charge on any atom is -0.372 e. The van der Waals surface area contributed by atoms with E-state index in [0.29, 0.717) is 11.3 Å². The van der Waals surface area contributed by atoms with E-state index in [0.717, 1.165) is 12.0 Å². The quantitative estimate of drug-likeness (QED) is 0.502. The largest absolute Gasteiger partial charge is 0.372 e. The summed E-state index contributed by atoms with van der Waals surface area (Å²) in [5, 5.41) is 14.6. The molecule has 0 fully saturated rings. The second-order valence-corrected chi connectivity index (χ2v) is 6.00. The van der Waals surface area contributed by atoms with Gasteiger partial charge >= 0.3 is 0 Å². The molecule has 1 N–H and O–H groups in total. The Kier molecular flexibility index (Phi) is 3.15. The lowest BCUT2D eigenvalue weighted by molar-refractivity contribution is -0.384. The monoisotopic (exact) mass is 310 g/mol. The molecule has 23 heavy (non-hydrogen) atoms. The van der Waals surface area contributed by atoms with Crippen LogP contribution in [0.25, 0.3) is 0 Å². The van der Waals surface area contributed by atoms with Gasteiger partial charge in [-0.2, -0.15) is 0 Å². The molecule has 0 saturated carbocycles. The number of halogens is 1. The molecule has 0 amide bonds. The predicted molar refractivity (Wildman–Crippen MR) is 85.8 cm³/mol. The Hall–Kier alpha value is -2.69. The summed E-state index contributed by atoms with van der Waals surface area (Å²) in [6, 6.07) is 11.5. The Morgan fingerprint density at radius 3 is 2.70 bits per heavy atom. The maximum absolute atomic E-state index is 14.3. The summed E-state index contributed by atoms with van der Waals surface area (Å²) < 4.78 is 14.3. The van der Waals surface area contributed by atoms with Crippen molar-refractivity contribution in [1.82, 2.24) is 0 Å². The number of nitro groups is 1. The van der Waals surface area contributed by atoms with Gasteiger partial charge in [-0.15, -0.1) is 0 Å². The van der Waals surface area contributed by atoms with Gasteiger partial charge in [-0.3, -0.25) is 10.1 Å². The van der Waals surface area contributed by atoms with Crippen LogP contribution < -0.4 is 5.32 Å². The fourth-order valence-electron chi connectivity index (χ4n) is 3.79. The lowest BCUT2D eigenvalue weighted by Gasteiger charge is -2.37. The van der Waals surface area contributed by atoms with E-state index in [1.165, 1.54) is 12.1 Å². The number of benzene rings is 2. The van der Waals surface area contributed by atoms with E-state index in [9.17, 15) is 14.5 Å². The van der Waals surface area contributed by atoms with Crippen molar-refractivity contribution in [3.05, 3.63) is 81.7 Å². The Morgan fingerprint density at radius 1 is 1.13 bits per heavy atom. The number of nitrogens with one attached hydrogen (secondary N) is 1. The van der Waals surface area contributed by atoms with E-state index in [-0.39, 0.29) is 34.3 Å². The van der Waals surface area contributed by atoms with Gasteiger partial charge in [0.25, 0.3) is 5.69 Å². The Morgan fingerprint density at radius 2 is 1.91 bits per heavy atom. The number of hydrogen-bond donors (Lipinski definition) is 1. The van der Waals surface area contributed by atoms with Crippen LogP contribution in [0.4, 0.5) is 15.8 Å². The van der Waals surface area contributed by atoms with Crippen LogP contribution in [0.1, 0.15) is 29.5 Å². The summed E-state index contributed by atoms with van der Waals surface area (Å²) in [7, 11) is 0. The zero-order valence-corrected chi connectivity index (χ0v) is 12.3. The van der Waals surface area contributed by atoms with Gasteiger partial charge in [-0.05, 0) is 24.0 Å². The van der Waals surface area contributed by atoms with Crippen molar-refractivity contribution in [1.29, 1.82) is 0 Å². The first-order valence-corrected chi connectivity index (χ1v) is 7.61. The highest BCUT2D eigenvalue weighted by Crippen LogP contribution is 2.52. The molecule has 0 aromatic heterocycles. The maximum atomic E-state index is 14.3. The first-order valence-electron chi connectivity index (χ1n) is 7.61. The van der Waals surface area contributed by atoms with Crippen LogP contribution in [0, 0.1) is 21.8 Å². The van der Waals surface area contributed by atoms with E-state index < -0.39 is 0 Å². The maximum Gasteiger partial charge on any atom is 0.292 e. The highest BCUT2D eigenvalue weighted by atomic mass is 19.1. The third kappa shape index (κ3) is 2.11. The Labute approximate surface area is 132 Å². The molecule has 5 heteroatoms. The standard InChI is InChI=1S/C18H15FN2O2/c19-15-9-2-1-5-14(15)17-12-7-3-6-11(12)13-8-4-10-16(21(22)23)18(13)20-17/h1-6,8-12,17,20H,7H2/t11-,12+,17+/m0/s1. The van der Waals surface area contributed by atoms with Crippen LogP contribution in [-0.2, 0) is 0 Å². The molecule has 0 spiro atoms. The summed E-state index contributed by atoms with van der Waals surface area (Å²) in [4.78, 5) is 11.0. The second kappa shape index (κ2) is 5.19. The average molecular weight is 310 g/mol. The first kappa shape index (κ1) is 13.9. The summed E-state index contributed by atoms with van der Waals surface area (Å²) in [5.74, 6) is -0.0326. The Balaban J connectivity index is 1.87. The molecule has 4 rings (SSSR count). The van der Waals surface area contributed by atoms with Crippen molar-refractivity contribution in [2.75, 3.05) is 5.32 Å².